The number of methoxy groups -OCH3 is 2. The number of nitrogen functional groups attached to an aromatic ring is 2. The molecule has 4 fully saturated rings. The number of nitrogens with zero attached hydrogens (tertiary/aromatic N) is 11. The number of benzene rings is 2. The SMILES string of the molecule is CO[C@H]1C[C@@H]2CC[C@@H](C)[C@@](O)(O2)C(=O)C(=O)N2CCCC[C@H]2C(=O)O[C@H]([C@H](N)C[C@@H]2CC[C@@H](OCc3cccc(-c4cnc(N5CCN(CC6=CN(CCOCCOCCOCCC(=O)NCCCCn7nc(-c8ccc9oc(N)nc9c8)c8c(N)ncnc87)NN6)CC5)nc4)c3)[C@H](OC)C2)CC(=O)[C@H](C)/C=C(\C)[C@@H](O)[C@@H](O)C(=O)[C@H](C)C[C@H](C)/C=C/C=CC=C1C. The number of ether oxygens (including phenoxy) is 8. The third-order valence-electron chi connectivity index (χ3n) is 25.1. The second kappa shape index (κ2) is 46.4. The number of allylic oxidation sites excluding steroid dienone is 6. The van der Waals surface area contributed by atoms with Crippen LogP contribution in [0.5, 0.6) is 0 Å². The lowest BCUT2D eigenvalue weighted by atomic mass is 9.80. The molecule has 12 N–H and O–H groups in total. The molecule has 9 heterocycles. The van der Waals surface area contributed by atoms with Gasteiger partial charge in [-0.3, -0.25) is 33.9 Å². The van der Waals surface area contributed by atoms with Crippen molar-refractivity contribution in [2.75, 3.05) is 123 Å². The number of ketones is 3. The van der Waals surface area contributed by atoms with Crippen LogP contribution >= 0.6 is 0 Å². The van der Waals surface area contributed by atoms with Gasteiger partial charge in [-0.15, -0.1) is 5.53 Å². The maximum Gasteiger partial charge on any atom is 0.329 e. The molecule has 6 aliphatic rings. The summed E-state index contributed by atoms with van der Waals surface area (Å²) in [6.07, 6.45) is 17.9. The Morgan fingerprint density at radius 3 is 2.31 bits per heavy atom. The Hall–Kier alpha value is -9.86. The molecular weight excluding hydrogens is 1630 g/mol. The van der Waals surface area contributed by atoms with Crippen molar-refractivity contribution in [1.82, 2.24) is 65.8 Å². The van der Waals surface area contributed by atoms with E-state index in [1.807, 2.05) is 96.6 Å². The van der Waals surface area contributed by atoms with Crippen LogP contribution in [-0.4, -0.2) is 267 Å². The molecule has 15 atom stereocenters. The van der Waals surface area contributed by atoms with Gasteiger partial charge in [0, 0.05) is 139 Å². The van der Waals surface area contributed by atoms with Gasteiger partial charge in [-0.2, -0.15) is 10.1 Å². The fourth-order valence-electron chi connectivity index (χ4n) is 17.5. The van der Waals surface area contributed by atoms with Crippen molar-refractivity contribution in [1.29, 1.82) is 0 Å². The number of amides is 2. The van der Waals surface area contributed by atoms with Crippen LogP contribution in [0.3, 0.4) is 0 Å². The van der Waals surface area contributed by atoms with E-state index in [4.69, 9.17) is 74.6 Å². The quantitative estimate of drug-likeness (QED) is 0.00921. The number of piperazine rings is 1. The van der Waals surface area contributed by atoms with E-state index in [9.17, 15) is 44.1 Å². The minimum Gasteiger partial charge on any atom is -0.459 e. The summed E-state index contributed by atoms with van der Waals surface area (Å²) in [6.45, 7) is 18.7. The summed E-state index contributed by atoms with van der Waals surface area (Å²) in [6, 6.07) is 11.5. The number of hydrogen-bond donors (Lipinski definition) is 9. The lowest BCUT2D eigenvalue weighted by Gasteiger charge is -2.42. The molecule has 2 aromatic carbocycles. The molecule has 35 nitrogen and oxygen atoms in total. The normalized spacial score (nSPS) is 27.2. The van der Waals surface area contributed by atoms with Gasteiger partial charge in [-0.25, -0.2) is 29.4 Å². The molecule has 0 radical (unpaired) electrons. The number of aliphatic hydroxyl groups is 3. The summed E-state index contributed by atoms with van der Waals surface area (Å²) in [7, 11) is 3.20. The maximum absolute atomic E-state index is 14.8. The molecule has 12 rings (SSSR count). The van der Waals surface area contributed by atoms with Gasteiger partial charge < -0.3 is 95.4 Å². The van der Waals surface area contributed by atoms with Crippen molar-refractivity contribution >= 4 is 75.0 Å². The first-order valence-electron chi connectivity index (χ1n) is 44.8. The highest BCUT2D eigenvalue weighted by Gasteiger charge is 2.53. The predicted octanol–water partition coefficient (Wildman–Crippen LogP) is 7.34. The minimum atomic E-state index is -2.50. The number of aryl methyl sites for hydroxylation is 1. The first-order valence-corrected chi connectivity index (χ1v) is 44.8. The third-order valence-corrected chi connectivity index (χ3v) is 25.1. The van der Waals surface area contributed by atoms with Gasteiger partial charge in [0.2, 0.25) is 17.6 Å². The summed E-state index contributed by atoms with van der Waals surface area (Å²) in [5, 5.41) is 45.2. The number of carbonyl (C=O) groups is 6. The molecule has 4 aromatic heterocycles. The third kappa shape index (κ3) is 26.0. The molecule has 1 aliphatic carbocycles. The Kier molecular flexibility index (Phi) is 35.2. The maximum atomic E-state index is 14.8. The average molecular weight is 1760 g/mol. The van der Waals surface area contributed by atoms with Gasteiger partial charge in [0.1, 0.15) is 53.5 Å². The summed E-state index contributed by atoms with van der Waals surface area (Å²) in [4.78, 5) is 113. The van der Waals surface area contributed by atoms with Crippen molar-refractivity contribution in [3.63, 3.8) is 0 Å². The number of esters is 1. The minimum absolute atomic E-state index is 0.0205. The first-order chi connectivity index (χ1) is 61.2. The van der Waals surface area contributed by atoms with Crippen molar-refractivity contribution in [3.8, 4) is 22.4 Å². The molecule has 35 heteroatoms. The van der Waals surface area contributed by atoms with Crippen LogP contribution in [0.15, 0.2) is 125 Å². The van der Waals surface area contributed by atoms with E-state index in [1.54, 1.807) is 41.1 Å². The molecule has 3 saturated heterocycles. The molecule has 6 aromatic rings. The fraction of sp³-hybridized carbons (Fsp3) is 0.587. The van der Waals surface area contributed by atoms with Gasteiger partial charge in [-0.1, -0.05) is 82.4 Å². The monoisotopic (exact) mass is 1760 g/mol. The highest BCUT2D eigenvalue weighted by Crippen LogP contribution is 2.39. The number of carbonyl (C=O) groups excluding carboxylic acids is 6. The number of hydrazine groups is 2. The van der Waals surface area contributed by atoms with Gasteiger partial charge in [0.05, 0.1) is 88.3 Å². The molecule has 127 heavy (non-hydrogen) atoms. The van der Waals surface area contributed by atoms with Crippen LogP contribution in [0.1, 0.15) is 143 Å². The standard InChI is InChI=1S/C92H129N17O18/c1-57-17-10-9-11-18-58(2)76(119-7)49-69-25-22-62(6)92(118,127-69)85(115)88(116)108-30-14-12-21-72(108)89(117)125-77(50-73(110)59(3)44-61(5)83(113)84(114)82(112)60(4)43-57)70(93)46-63-23-26-75(78(47-63)120-8)124-55-64-19-16-20-65(45-64)67-51-97-91(98-52-67)106-34-32-105(33-35-106)53-68-54-107(104-102-68)36-38-122-40-42-123-41-39-121-37-28-79(111)96-29-13-15-31-109-87-80(86(94)99-56-100-87)81(103-109)66-24-27-74-71(48-66)101-90(95)126-74/h9-11,16-20,24,27,44-45,48,51-52,54,56-57,59-60,62-63,69-70,72,75-78,83-84,102,104,113-114,118H,12-15,21-23,25-26,28-43,46-47,49-50,53,55,93H2,1-8H3,(H2,95,101)(H,96,111)(H2,94,99,100)/b11-9?,17-10+,58-18?,61-44+/t57-,59-,60-,62-,63+,69+,70-,72+,75-,76+,77+,78-,83-,84+,92-/m1/s1. The molecule has 1 saturated carbocycles. The van der Waals surface area contributed by atoms with Crippen LogP contribution in [0.25, 0.3) is 44.5 Å². The number of aromatic nitrogens is 7. The number of cyclic esters (lactones) is 1. The number of rotatable bonds is 30. The first kappa shape index (κ1) is 96.2. The molecular formula is C92H129N17O18. The summed E-state index contributed by atoms with van der Waals surface area (Å²) in [5.41, 5.74) is 33.7. The van der Waals surface area contributed by atoms with Crippen LogP contribution < -0.4 is 38.4 Å². The number of nitrogens with one attached hydrogen (secondary N) is 3. The number of Topliss-reactive ketones (excluding diaryl/α,β-unsaturated/α-hetero) is 3. The largest absolute Gasteiger partial charge is 0.459 e. The lowest BCUT2D eigenvalue weighted by Crippen LogP contribution is -2.61. The number of unbranched alkanes of at least 4 members (excludes halogenated alkanes) is 1. The second-order valence-electron chi connectivity index (χ2n) is 34.6. The number of hydrogen-bond acceptors (Lipinski definition) is 32. The van der Waals surface area contributed by atoms with Crippen LogP contribution in [0.2, 0.25) is 0 Å². The number of nitrogens with two attached hydrogens (primary N) is 3. The molecule has 2 amide bonds. The van der Waals surface area contributed by atoms with Crippen molar-refractivity contribution in [3.05, 3.63) is 126 Å². The Bertz CT molecular complexity index is 4840. The van der Waals surface area contributed by atoms with Crippen molar-refractivity contribution in [2.45, 2.75) is 212 Å². The van der Waals surface area contributed by atoms with E-state index in [1.165, 1.54) is 19.3 Å². The van der Waals surface area contributed by atoms with Crippen molar-refractivity contribution in [2.24, 2.45) is 35.3 Å². The zero-order chi connectivity index (χ0) is 90.3. The predicted molar refractivity (Wildman–Crippen MR) is 475 cm³/mol. The zero-order valence-electron chi connectivity index (χ0n) is 74.4. The number of piperidine rings is 1. The Labute approximate surface area is 741 Å². The topological polar surface area (TPSA) is 459 Å². The van der Waals surface area contributed by atoms with Crippen molar-refractivity contribution < 1.29 is 86.4 Å². The molecule has 5 aliphatic heterocycles. The molecule has 2 bridgehead atoms. The van der Waals surface area contributed by atoms with E-state index < -0.39 is 95.4 Å². The summed E-state index contributed by atoms with van der Waals surface area (Å²) in [5.74, 6) is -8.08. The van der Waals surface area contributed by atoms with E-state index in [0.717, 1.165) is 84.0 Å². The molecule has 0 unspecified atom stereocenters. The highest BCUT2D eigenvalue weighted by molar-refractivity contribution is 6.39. The van der Waals surface area contributed by atoms with E-state index in [2.05, 4.69) is 53.3 Å². The Morgan fingerprint density at radius 1 is 0.772 bits per heavy atom. The van der Waals surface area contributed by atoms with Gasteiger partial charge in [0.25, 0.3) is 17.7 Å². The Morgan fingerprint density at radius 2 is 1.54 bits per heavy atom. The van der Waals surface area contributed by atoms with Gasteiger partial charge >= 0.3 is 5.97 Å². The number of fused-ring (bicyclic) bond motifs is 5. The van der Waals surface area contributed by atoms with E-state index in [0.29, 0.717) is 157 Å². The summed E-state index contributed by atoms with van der Waals surface area (Å²) >= 11 is 0. The molecule has 0 spiro atoms. The van der Waals surface area contributed by atoms with E-state index in [-0.39, 0.29) is 80.4 Å². The Balaban J connectivity index is 0.551. The lowest BCUT2D eigenvalue weighted by molar-refractivity contribution is -0.265. The second-order valence-corrected chi connectivity index (χ2v) is 34.6. The van der Waals surface area contributed by atoms with E-state index >= 15 is 0 Å². The van der Waals surface area contributed by atoms with Crippen LogP contribution in [0, 0.1) is 29.6 Å². The zero-order valence-corrected chi connectivity index (χ0v) is 74.4. The number of anilines is 3. The van der Waals surface area contributed by atoms with Crippen LogP contribution in [-0.2, 0) is 79.8 Å². The summed E-state index contributed by atoms with van der Waals surface area (Å²) < 4.78 is 55.6. The highest BCUT2D eigenvalue weighted by atomic mass is 16.6. The van der Waals surface area contributed by atoms with Gasteiger partial charge in [-0.05, 0) is 149 Å². The smallest absolute Gasteiger partial charge is 0.329 e. The van der Waals surface area contributed by atoms with Gasteiger partial charge in [0.15, 0.2) is 17.0 Å². The number of aliphatic hydroxyl groups excluding tert-OH is 2. The average Bonchev–Trinajstić information content (AvgIpc) is 1.61. The number of oxazole rings is 1. The fourth-order valence-corrected chi connectivity index (χ4v) is 17.5. The van der Waals surface area contributed by atoms with Crippen LogP contribution in [0.4, 0.5) is 17.8 Å². The molecule has 690 valence electrons.